The lowest BCUT2D eigenvalue weighted by Gasteiger charge is -2.29. The zero-order valence-electron chi connectivity index (χ0n) is 12.1. The lowest BCUT2D eigenvalue weighted by atomic mass is 10.4. The maximum absolute atomic E-state index is 10.9. The SMILES string of the molecule is C=CCC[Si](/C=C/C=O)(c1ccccc1)c1ccccc1. The van der Waals surface area contributed by atoms with E-state index in [9.17, 15) is 4.79 Å². The Morgan fingerprint density at radius 3 is 1.86 bits per heavy atom. The van der Waals surface area contributed by atoms with Crippen molar-refractivity contribution in [2.75, 3.05) is 0 Å². The second kappa shape index (κ2) is 7.55. The molecule has 0 saturated carbocycles. The van der Waals surface area contributed by atoms with Gasteiger partial charge in [0.05, 0.1) is 0 Å². The van der Waals surface area contributed by atoms with Gasteiger partial charge in [-0.25, -0.2) is 0 Å². The lowest BCUT2D eigenvalue weighted by Crippen LogP contribution is -2.56. The molecule has 2 aromatic carbocycles. The number of hydrogen-bond acceptors (Lipinski definition) is 1. The van der Waals surface area contributed by atoms with E-state index < -0.39 is 8.07 Å². The molecular formula is C19H20OSi. The van der Waals surface area contributed by atoms with Crippen LogP contribution in [-0.4, -0.2) is 14.4 Å². The minimum Gasteiger partial charge on any atom is -0.299 e. The first-order valence-corrected chi connectivity index (χ1v) is 9.47. The van der Waals surface area contributed by atoms with E-state index >= 15 is 0 Å². The first kappa shape index (κ1) is 15.2. The molecule has 2 aromatic rings. The van der Waals surface area contributed by atoms with Crippen molar-refractivity contribution < 1.29 is 4.79 Å². The summed E-state index contributed by atoms with van der Waals surface area (Å²) in [6.07, 6.45) is 5.44. The minimum absolute atomic E-state index is 0.877. The van der Waals surface area contributed by atoms with Crippen molar-refractivity contribution in [3.8, 4) is 0 Å². The second-order valence-corrected chi connectivity index (χ2v) is 8.96. The van der Waals surface area contributed by atoms with Gasteiger partial charge in [-0.2, -0.15) is 0 Å². The van der Waals surface area contributed by atoms with Crippen molar-refractivity contribution in [2.45, 2.75) is 12.5 Å². The summed E-state index contributed by atoms with van der Waals surface area (Å²) in [6, 6.07) is 22.1. The van der Waals surface area contributed by atoms with Gasteiger partial charge in [0.2, 0.25) is 0 Å². The standard InChI is InChI=1S/C19H20OSi/c1-2-3-16-21(17-10-15-20,18-11-6-4-7-12-18)19-13-8-5-9-14-19/h2,4-15,17H,1,3,16H2/b17-10+. The van der Waals surface area contributed by atoms with Gasteiger partial charge in [-0.3, -0.25) is 4.79 Å². The van der Waals surface area contributed by atoms with Crippen molar-refractivity contribution in [3.63, 3.8) is 0 Å². The van der Waals surface area contributed by atoms with E-state index in [0.29, 0.717) is 0 Å². The Balaban J connectivity index is 2.61. The zero-order chi connectivity index (χ0) is 15.0. The summed E-state index contributed by atoms with van der Waals surface area (Å²) in [5.74, 6) is 0. The first-order chi connectivity index (χ1) is 10.3. The molecule has 0 heterocycles. The Kier molecular flexibility index (Phi) is 5.47. The molecule has 0 N–H and O–H groups in total. The van der Waals surface area contributed by atoms with Crippen LogP contribution in [0.1, 0.15) is 6.42 Å². The molecule has 0 aliphatic rings. The minimum atomic E-state index is -2.07. The molecule has 0 amide bonds. The van der Waals surface area contributed by atoms with E-state index in [-0.39, 0.29) is 0 Å². The summed E-state index contributed by atoms with van der Waals surface area (Å²) < 4.78 is 0. The average Bonchev–Trinajstić information content (AvgIpc) is 2.57. The fraction of sp³-hybridized carbons (Fsp3) is 0.105. The van der Waals surface area contributed by atoms with Crippen LogP contribution in [0.3, 0.4) is 0 Å². The summed E-state index contributed by atoms with van der Waals surface area (Å²) >= 11 is 0. The van der Waals surface area contributed by atoms with Crippen molar-refractivity contribution in [3.05, 3.63) is 85.1 Å². The van der Waals surface area contributed by atoms with Gasteiger partial charge in [-0.15, -0.1) is 6.58 Å². The van der Waals surface area contributed by atoms with Crippen molar-refractivity contribution >= 4 is 24.7 Å². The Morgan fingerprint density at radius 1 is 0.905 bits per heavy atom. The van der Waals surface area contributed by atoms with Gasteiger partial charge >= 0.3 is 0 Å². The second-order valence-electron chi connectivity index (χ2n) is 5.03. The van der Waals surface area contributed by atoms with Crippen molar-refractivity contribution in [2.24, 2.45) is 0 Å². The molecule has 2 heteroatoms. The number of aldehydes is 1. The summed E-state index contributed by atoms with van der Waals surface area (Å²) in [7, 11) is -2.07. The Hall–Kier alpha value is -2.19. The molecule has 2 rings (SSSR count). The third kappa shape index (κ3) is 3.47. The molecule has 21 heavy (non-hydrogen) atoms. The molecule has 0 aliphatic heterocycles. The molecule has 0 radical (unpaired) electrons. The topological polar surface area (TPSA) is 17.1 Å². The lowest BCUT2D eigenvalue weighted by molar-refractivity contribution is -0.104. The predicted molar refractivity (Wildman–Crippen MR) is 92.7 cm³/mol. The molecule has 0 spiro atoms. The highest BCUT2D eigenvalue weighted by Crippen LogP contribution is 2.16. The van der Waals surface area contributed by atoms with E-state index in [1.807, 2.05) is 18.2 Å². The molecule has 0 aromatic heterocycles. The monoisotopic (exact) mass is 292 g/mol. The highest BCUT2D eigenvalue weighted by Gasteiger charge is 2.33. The van der Waals surface area contributed by atoms with E-state index in [1.165, 1.54) is 10.4 Å². The van der Waals surface area contributed by atoms with E-state index in [0.717, 1.165) is 18.8 Å². The first-order valence-electron chi connectivity index (χ1n) is 7.18. The summed E-state index contributed by atoms with van der Waals surface area (Å²) in [5.41, 5.74) is 2.15. The number of carbonyl (C=O) groups is 1. The smallest absolute Gasteiger partial charge is 0.142 e. The summed E-state index contributed by atoms with van der Waals surface area (Å²) in [5, 5.41) is 2.66. The van der Waals surface area contributed by atoms with Crippen LogP contribution in [0.25, 0.3) is 0 Å². The van der Waals surface area contributed by atoms with Crippen LogP contribution in [-0.2, 0) is 4.79 Å². The van der Waals surface area contributed by atoms with Crippen molar-refractivity contribution in [1.29, 1.82) is 0 Å². The fourth-order valence-electron chi connectivity index (χ4n) is 2.74. The van der Waals surface area contributed by atoms with Gasteiger partial charge in [-0.1, -0.05) is 72.4 Å². The van der Waals surface area contributed by atoms with Crippen molar-refractivity contribution in [1.82, 2.24) is 0 Å². The van der Waals surface area contributed by atoms with Gasteiger partial charge in [0.1, 0.15) is 14.4 Å². The van der Waals surface area contributed by atoms with E-state index in [1.54, 1.807) is 6.08 Å². The quantitative estimate of drug-likeness (QED) is 0.332. The van der Waals surface area contributed by atoms with Crippen LogP contribution in [0.4, 0.5) is 0 Å². The van der Waals surface area contributed by atoms with Gasteiger partial charge in [-0.05, 0) is 28.9 Å². The summed E-state index contributed by atoms with van der Waals surface area (Å²) in [4.78, 5) is 10.9. The third-order valence-corrected chi connectivity index (χ3v) is 8.35. The fourth-order valence-corrected chi connectivity index (χ4v) is 6.84. The third-order valence-electron chi connectivity index (χ3n) is 3.78. The highest BCUT2D eigenvalue weighted by molar-refractivity contribution is 7.06. The Bertz CT molecular complexity index is 562. The summed E-state index contributed by atoms with van der Waals surface area (Å²) in [6.45, 7) is 3.86. The van der Waals surface area contributed by atoms with Crippen LogP contribution in [0.5, 0.6) is 0 Å². The maximum Gasteiger partial charge on any atom is 0.142 e. The Labute approximate surface area is 127 Å². The van der Waals surface area contributed by atoms with Crippen LogP contribution in [0, 0.1) is 0 Å². The van der Waals surface area contributed by atoms with Crippen LogP contribution in [0.2, 0.25) is 6.04 Å². The molecule has 0 saturated heterocycles. The average molecular weight is 292 g/mol. The molecule has 1 nitrogen and oxygen atoms in total. The van der Waals surface area contributed by atoms with Gasteiger partial charge in [0.15, 0.2) is 0 Å². The predicted octanol–water partition coefficient (Wildman–Crippen LogP) is 3.12. The molecule has 106 valence electrons. The number of benzene rings is 2. The van der Waals surface area contributed by atoms with Crippen LogP contribution in [0.15, 0.2) is 85.1 Å². The molecule has 0 fully saturated rings. The highest BCUT2D eigenvalue weighted by atomic mass is 28.3. The van der Waals surface area contributed by atoms with Gasteiger partial charge in [0, 0.05) is 0 Å². The van der Waals surface area contributed by atoms with E-state index in [2.05, 4.69) is 60.8 Å². The number of carbonyl (C=O) groups excluding carboxylic acids is 1. The Morgan fingerprint density at radius 2 is 1.43 bits per heavy atom. The maximum atomic E-state index is 10.9. The van der Waals surface area contributed by atoms with Crippen LogP contribution < -0.4 is 10.4 Å². The molecule has 0 bridgehead atoms. The van der Waals surface area contributed by atoms with E-state index in [4.69, 9.17) is 0 Å². The van der Waals surface area contributed by atoms with Gasteiger partial charge in [0.25, 0.3) is 0 Å². The normalized spacial score (nSPS) is 11.4. The van der Waals surface area contributed by atoms with Gasteiger partial charge < -0.3 is 0 Å². The molecule has 0 aliphatic carbocycles. The molecule has 0 atom stereocenters. The number of rotatable bonds is 7. The van der Waals surface area contributed by atoms with Crippen LogP contribution >= 0.6 is 0 Å². The molecular weight excluding hydrogens is 272 g/mol. The number of allylic oxidation sites excluding steroid dienone is 2. The largest absolute Gasteiger partial charge is 0.299 e. The molecule has 0 unspecified atom stereocenters. The zero-order valence-corrected chi connectivity index (χ0v) is 13.1. The number of hydrogen-bond donors (Lipinski definition) is 0.